The van der Waals surface area contributed by atoms with Gasteiger partial charge in [-0.1, -0.05) is 6.92 Å². The number of nitrogens with zero attached hydrogens (tertiary/aromatic N) is 5. The number of benzene rings is 1. The van der Waals surface area contributed by atoms with E-state index in [1.165, 1.54) is 4.90 Å². The molecule has 298 valence electrons. The number of aliphatic carboxylic acids is 1. The van der Waals surface area contributed by atoms with Crippen molar-refractivity contribution >= 4 is 23.7 Å². The van der Waals surface area contributed by atoms with E-state index in [9.17, 15) is 49.1 Å². The van der Waals surface area contributed by atoms with Gasteiger partial charge in [0.15, 0.2) is 5.75 Å². The molecule has 0 saturated carbocycles. The summed E-state index contributed by atoms with van der Waals surface area (Å²) in [6.07, 6.45) is -14.0. The fraction of sp³-hybridized carbons (Fsp3) is 0.486. The molecule has 55 heavy (non-hydrogen) atoms. The van der Waals surface area contributed by atoms with Gasteiger partial charge in [-0.2, -0.15) is 44.8 Å². The average molecular weight is 791 g/mol. The number of carboxylic acids is 1. The molecule has 4 rings (SSSR count). The standard InChI is InChI=1S/C35H35F9N6O5/c1-2-23-18-25(30-26(9-10-28(49-30)35(42,43)44)50(23)32(53)55-13-6-3-4-8-29(51)52)48-31-46-19-27(54-12-7-5-11-45)24(47-31)16-20-14-21(33(36,37)38)17-22(15-20)34(39,40)41/h9-10,14-15,17,19,23,25H,2-8,12-13,16,18H2,1H3,(H,51,52)(H,46,47,48)/t23-,25+/m1/s1. The molecule has 0 spiro atoms. The molecule has 0 radical (unpaired) electrons. The summed E-state index contributed by atoms with van der Waals surface area (Å²) in [6.45, 7) is 1.54. The number of carbonyl (C=O) groups is 2. The van der Waals surface area contributed by atoms with Crippen LogP contribution in [-0.4, -0.2) is 51.4 Å². The average Bonchev–Trinajstić information content (AvgIpc) is 3.10. The molecule has 2 atom stereocenters. The van der Waals surface area contributed by atoms with Gasteiger partial charge in [-0.15, -0.1) is 0 Å². The Morgan fingerprint density at radius 3 is 2.24 bits per heavy atom. The predicted octanol–water partition coefficient (Wildman–Crippen LogP) is 9.12. The number of amides is 1. The van der Waals surface area contributed by atoms with Gasteiger partial charge in [-0.3, -0.25) is 9.69 Å². The van der Waals surface area contributed by atoms with Crippen LogP contribution >= 0.6 is 0 Å². The van der Waals surface area contributed by atoms with Crippen LogP contribution < -0.4 is 15.0 Å². The van der Waals surface area contributed by atoms with E-state index in [0.29, 0.717) is 37.5 Å². The maximum absolute atomic E-state index is 13.9. The lowest BCUT2D eigenvalue weighted by Crippen LogP contribution is -2.46. The highest BCUT2D eigenvalue weighted by molar-refractivity contribution is 5.90. The number of carbonyl (C=O) groups excluding carboxylic acids is 1. The first kappa shape index (κ1) is 42.4. The van der Waals surface area contributed by atoms with E-state index in [0.717, 1.165) is 12.3 Å². The molecule has 0 aliphatic carbocycles. The van der Waals surface area contributed by atoms with Gasteiger partial charge in [-0.25, -0.2) is 19.7 Å². The number of fused-ring (bicyclic) bond motifs is 1. The lowest BCUT2D eigenvalue weighted by atomic mass is 9.93. The first-order valence-corrected chi connectivity index (χ1v) is 17.0. The number of alkyl halides is 9. The molecule has 0 fully saturated rings. The summed E-state index contributed by atoms with van der Waals surface area (Å²) in [5.74, 6) is -1.39. The summed E-state index contributed by atoms with van der Waals surface area (Å²) in [5, 5.41) is 20.5. The van der Waals surface area contributed by atoms with Crippen molar-refractivity contribution in [3.8, 4) is 11.8 Å². The van der Waals surface area contributed by atoms with Crippen molar-refractivity contribution in [3.63, 3.8) is 0 Å². The smallest absolute Gasteiger partial charge is 0.433 e. The van der Waals surface area contributed by atoms with E-state index < -0.39 is 71.5 Å². The number of halogens is 9. The van der Waals surface area contributed by atoms with Crippen LogP contribution in [0.25, 0.3) is 0 Å². The second-order valence-electron chi connectivity index (χ2n) is 12.5. The van der Waals surface area contributed by atoms with Gasteiger partial charge in [0.25, 0.3) is 0 Å². The molecule has 1 aromatic carbocycles. The monoisotopic (exact) mass is 790 g/mol. The van der Waals surface area contributed by atoms with Gasteiger partial charge >= 0.3 is 30.6 Å². The predicted molar refractivity (Wildman–Crippen MR) is 176 cm³/mol. The molecule has 3 heterocycles. The Bertz CT molecular complexity index is 1830. The molecule has 0 saturated heterocycles. The molecular formula is C35H35F9N6O5. The zero-order chi connectivity index (χ0) is 40.6. The van der Waals surface area contributed by atoms with Crippen molar-refractivity contribution in [1.29, 1.82) is 5.26 Å². The highest BCUT2D eigenvalue weighted by Gasteiger charge is 2.41. The Morgan fingerprint density at radius 1 is 0.945 bits per heavy atom. The molecule has 0 bridgehead atoms. The summed E-state index contributed by atoms with van der Waals surface area (Å²) in [7, 11) is 0. The second-order valence-corrected chi connectivity index (χ2v) is 12.5. The fourth-order valence-corrected chi connectivity index (χ4v) is 5.81. The molecule has 20 heteroatoms. The van der Waals surface area contributed by atoms with E-state index >= 15 is 0 Å². The van der Waals surface area contributed by atoms with Gasteiger partial charge in [0, 0.05) is 25.3 Å². The maximum Gasteiger partial charge on any atom is 0.433 e. The van der Waals surface area contributed by atoms with Crippen LogP contribution in [0.2, 0.25) is 0 Å². The fourth-order valence-electron chi connectivity index (χ4n) is 5.81. The molecule has 1 aliphatic rings. The quantitative estimate of drug-likeness (QED) is 0.113. The van der Waals surface area contributed by atoms with Gasteiger partial charge in [-0.05, 0) is 74.4 Å². The Hall–Kier alpha value is -5.35. The van der Waals surface area contributed by atoms with Crippen LogP contribution in [0.3, 0.4) is 0 Å². The number of ether oxygens (including phenoxy) is 2. The number of carboxylic acid groups (broad SMARTS) is 1. The lowest BCUT2D eigenvalue weighted by molar-refractivity contribution is -0.143. The number of rotatable bonds is 15. The third-order valence-corrected chi connectivity index (χ3v) is 8.43. The third-order valence-electron chi connectivity index (χ3n) is 8.43. The second kappa shape index (κ2) is 17.9. The van der Waals surface area contributed by atoms with E-state index in [4.69, 9.17) is 19.8 Å². The molecule has 2 aromatic heterocycles. The largest absolute Gasteiger partial charge is 0.490 e. The van der Waals surface area contributed by atoms with Crippen LogP contribution in [0.1, 0.15) is 98.1 Å². The Kier molecular flexibility index (Phi) is 13.8. The third kappa shape index (κ3) is 11.6. The van der Waals surface area contributed by atoms with Gasteiger partial charge in [0.1, 0.15) is 5.69 Å². The van der Waals surface area contributed by atoms with Crippen molar-refractivity contribution < 1.29 is 63.7 Å². The van der Waals surface area contributed by atoms with Crippen LogP contribution in [-0.2, 0) is 34.5 Å². The Morgan fingerprint density at radius 2 is 1.64 bits per heavy atom. The van der Waals surface area contributed by atoms with Crippen molar-refractivity contribution in [2.24, 2.45) is 0 Å². The molecule has 1 aliphatic heterocycles. The first-order valence-electron chi connectivity index (χ1n) is 17.0. The van der Waals surface area contributed by atoms with Gasteiger partial charge in [0.2, 0.25) is 5.95 Å². The number of pyridine rings is 1. The number of aromatic nitrogens is 3. The molecule has 11 nitrogen and oxygen atoms in total. The van der Waals surface area contributed by atoms with Crippen LogP contribution in [0.15, 0.2) is 36.5 Å². The lowest BCUT2D eigenvalue weighted by Gasteiger charge is -2.39. The number of anilines is 2. The van der Waals surface area contributed by atoms with Crippen LogP contribution in [0.4, 0.5) is 55.9 Å². The van der Waals surface area contributed by atoms with Crippen molar-refractivity contribution in [3.05, 3.63) is 70.3 Å². The Labute approximate surface area is 308 Å². The number of hydrogen-bond donors (Lipinski definition) is 2. The summed E-state index contributed by atoms with van der Waals surface area (Å²) >= 11 is 0. The molecule has 3 aromatic rings. The number of hydrogen-bond acceptors (Lipinski definition) is 9. The molecule has 1 amide bonds. The van der Waals surface area contributed by atoms with Gasteiger partial charge in [0.05, 0.1) is 59.7 Å². The minimum atomic E-state index is -5.13. The van der Waals surface area contributed by atoms with Crippen molar-refractivity contribution in [1.82, 2.24) is 15.0 Å². The highest BCUT2D eigenvalue weighted by Crippen LogP contribution is 2.42. The summed E-state index contributed by atoms with van der Waals surface area (Å²) in [4.78, 5) is 37.5. The molecule has 2 N–H and O–H groups in total. The van der Waals surface area contributed by atoms with Crippen molar-refractivity contribution in [2.45, 2.75) is 95.3 Å². The summed E-state index contributed by atoms with van der Waals surface area (Å²) in [6, 6.07) is 2.92. The zero-order valence-electron chi connectivity index (χ0n) is 29.1. The maximum atomic E-state index is 13.9. The SMILES string of the molecule is CC[C@@H]1C[C@H](Nc2ncc(OCCCC#N)c(Cc3cc(C(F)(F)F)cc(C(F)(F)F)c3)n2)c2nc(C(F)(F)F)ccc2N1C(=O)OCCCCCC(=O)O. The van der Waals surface area contributed by atoms with E-state index in [2.05, 4.69) is 20.3 Å². The highest BCUT2D eigenvalue weighted by atomic mass is 19.4. The Balaban J connectivity index is 1.70. The minimum Gasteiger partial charge on any atom is -0.490 e. The summed E-state index contributed by atoms with van der Waals surface area (Å²) in [5.41, 5.74) is -5.27. The molecular weight excluding hydrogens is 755 g/mol. The topological polar surface area (TPSA) is 151 Å². The number of nitriles is 1. The first-order chi connectivity index (χ1) is 25.8. The van der Waals surface area contributed by atoms with Gasteiger partial charge < -0.3 is 19.9 Å². The van der Waals surface area contributed by atoms with E-state index in [1.54, 1.807) is 6.92 Å². The summed E-state index contributed by atoms with van der Waals surface area (Å²) < 4.78 is 134. The van der Waals surface area contributed by atoms with Crippen molar-refractivity contribution in [2.75, 3.05) is 23.4 Å². The number of unbranched alkanes of at least 4 members (excludes halogenated alkanes) is 3. The van der Waals surface area contributed by atoms with E-state index in [-0.39, 0.29) is 80.2 Å². The molecule has 0 unspecified atom stereocenters. The van der Waals surface area contributed by atoms with Crippen LogP contribution in [0, 0.1) is 11.3 Å². The van der Waals surface area contributed by atoms with E-state index in [1.807, 2.05) is 6.07 Å². The zero-order valence-corrected chi connectivity index (χ0v) is 29.1. The number of nitrogens with one attached hydrogen (secondary N) is 1. The minimum absolute atomic E-state index is 0.0236. The normalized spacial score (nSPS) is 15.9. The van der Waals surface area contributed by atoms with Crippen LogP contribution in [0.5, 0.6) is 5.75 Å².